The van der Waals surface area contributed by atoms with Crippen molar-refractivity contribution in [3.05, 3.63) is 58.5 Å². The van der Waals surface area contributed by atoms with Crippen molar-refractivity contribution in [3.63, 3.8) is 0 Å². The van der Waals surface area contributed by atoms with Crippen molar-refractivity contribution in [2.24, 2.45) is 4.99 Å². The molecule has 1 fully saturated rings. The zero-order valence-corrected chi connectivity index (χ0v) is 18.1. The number of hydrogen-bond acceptors (Lipinski definition) is 5. The number of carbonyl (C=O) groups is 1. The molecule has 1 N–H and O–H groups in total. The van der Waals surface area contributed by atoms with Gasteiger partial charge in [-0.2, -0.15) is 13.2 Å². The van der Waals surface area contributed by atoms with E-state index in [2.05, 4.69) is 29.1 Å². The predicted molar refractivity (Wildman–Crippen MR) is 119 cm³/mol. The van der Waals surface area contributed by atoms with Crippen molar-refractivity contribution >= 4 is 40.3 Å². The van der Waals surface area contributed by atoms with Crippen LogP contribution in [0.4, 0.5) is 24.5 Å². The summed E-state index contributed by atoms with van der Waals surface area (Å²) in [6, 6.07) is 10.4. The molecule has 0 bridgehead atoms. The van der Waals surface area contributed by atoms with Gasteiger partial charge in [0.1, 0.15) is 5.75 Å². The Kier molecular flexibility index (Phi) is 6.94. The number of aliphatic imine (C=N–C) groups is 1. The summed E-state index contributed by atoms with van der Waals surface area (Å²) in [6.45, 7) is 5.84. The molecule has 2 aromatic carbocycles. The molecule has 3 rings (SSSR count). The van der Waals surface area contributed by atoms with Crippen molar-refractivity contribution in [1.82, 2.24) is 5.32 Å². The van der Waals surface area contributed by atoms with Crippen molar-refractivity contribution in [1.29, 1.82) is 0 Å². The zero-order valence-electron chi connectivity index (χ0n) is 17.3. The Morgan fingerprint density at radius 3 is 2.55 bits per heavy atom. The Morgan fingerprint density at radius 2 is 1.90 bits per heavy atom. The van der Waals surface area contributed by atoms with Gasteiger partial charge in [0, 0.05) is 30.4 Å². The van der Waals surface area contributed by atoms with E-state index in [4.69, 9.17) is 4.74 Å². The summed E-state index contributed by atoms with van der Waals surface area (Å²) >= 11 is 1.06. The first-order chi connectivity index (χ1) is 14.7. The van der Waals surface area contributed by atoms with Gasteiger partial charge in [0.05, 0.1) is 23.3 Å². The lowest BCUT2D eigenvalue weighted by molar-refractivity contribution is -0.137. The van der Waals surface area contributed by atoms with Crippen LogP contribution in [0.5, 0.6) is 5.75 Å². The lowest BCUT2D eigenvalue weighted by atomic mass is 10.1. The maximum Gasteiger partial charge on any atom is 0.416 e. The van der Waals surface area contributed by atoms with Crippen LogP contribution in [-0.4, -0.2) is 31.3 Å². The molecule has 0 unspecified atom stereocenters. The highest BCUT2D eigenvalue weighted by atomic mass is 32.2. The van der Waals surface area contributed by atoms with E-state index >= 15 is 0 Å². The number of nitrogens with zero attached hydrogens (tertiary/aromatic N) is 2. The number of rotatable bonds is 6. The number of carbonyl (C=O) groups excluding carboxylic acids is 1. The third-order valence-corrected chi connectivity index (χ3v) is 5.60. The average Bonchev–Trinajstić information content (AvgIpc) is 3.08. The van der Waals surface area contributed by atoms with Crippen LogP contribution in [0.3, 0.4) is 0 Å². The topological polar surface area (TPSA) is 53.9 Å². The number of halogens is 3. The minimum atomic E-state index is -4.46. The molecule has 0 saturated carbocycles. The maximum absolute atomic E-state index is 12.9. The summed E-state index contributed by atoms with van der Waals surface area (Å²) in [5.74, 6) is 0.249. The van der Waals surface area contributed by atoms with E-state index in [1.54, 1.807) is 13.2 Å². The minimum absolute atomic E-state index is 0.111. The first-order valence-electron chi connectivity index (χ1n) is 9.65. The van der Waals surface area contributed by atoms with Crippen LogP contribution >= 0.6 is 11.8 Å². The maximum atomic E-state index is 12.9. The van der Waals surface area contributed by atoms with Crippen molar-refractivity contribution in [2.45, 2.75) is 20.0 Å². The highest BCUT2D eigenvalue weighted by Crippen LogP contribution is 2.34. The summed E-state index contributed by atoms with van der Waals surface area (Å²) in [6.07, 6.45) is -2.78. The van der Waals surface area contributed by atoms with Gasteiger partial charge in [-0.05, 0) is 62.0 Å². The summed E-state index contributed by atoms with van der Waals surface area (Å²) in [7, 11) is 1.56. The van der Waals surface area contributed by atoms with Crippen molar-refractivity contribution < 1.29 is 22.7 Å². The zero-order chi connectivity index (χ0) is 22.6. The molecule has 0 aliphatic carbocycles. The molecule has 0 aromatic heterocycles. The molecule has 1 heterocycles. The van der Waals surface area contributed by atoms with Crippen LogP contribution in [0.2, 0.25) is 0 Å². The number of thioether (sulfide) groups is 1. The lowest BCUT2D eigenvalue weighted by Crippen LogP contribution is -2.21. The average molecular weight is 449 g/mol. The van der Waals surface area contributed by atoms with E-state index < -0.39 is 11.7 Å². The van der Waals surface area contributed by atoms with E-state index in [-0.39, 0.29) is 16.8 Å². The molecular weight excluding hydrogens is 427 g/mol. The molecule has 31 heavy (non-hydrogen) atoms. The molecular formula is C22H22F3N3O2S. The highest BCUT2D eigenvalue weighted by Gasteiger charge is 2.30. The summed E-state index contributed by atoms with van der Waals surface area (Å²) < 4.78 is 44.2. The van der Waals surface area contributed by atoms with Gasteiger partial charge < -0.3 is 15.0 Å². The Labute approximate surface area is 183 Å². The number of amides is 1. The Morgan fingerprint density at radius 1 is 1.16 bits per heavy atom. The number of benzene rings is 2. The molecule has 1 saturated heterocycles. The number of ether oxygens (including phenoxy) is 1. The van der Waals surface area contributed by atoms with E-state index in [1.165, 1.54) is 12.1 Å². The van der Waals surface area contributed by atoms with Crippen molar-refractivity contribution in [3.8, 4) is 5.75 Å². The SMILES string of the molecule is CCN(CC)c1ccc(C=C2SC(=Nc3cccc(C(F)(F)F)c3)NC2=O)c(OC)c1. The summed E-state index contributed by atoms with van der Waals surface area (Å²) in [5.41, 5.74) is 1.05. The quantitative estimate of drug-likeness (QED) is 0.596. The van der Waals surface area contributed by atoms with Crippen molar-refractivity contribution in [2.75, 3.05) is 25.1 Å². The fraction of sp³-hybridized carbons (Fsp3) is 0.273. The fourth-order valence-electron chi connectivity index (χ4n) is 3.10. The molecule has 1 aliphatic heterocycles. The summed E-state index contributed by atoms with van der Waals surface area (Å²) in [5, 5.41) is 2.81. The standard InChI is InChI=1S/C22H22F3N3O2S/c1-4-28(5-2)17-10-9-14(18(13-17)30-3)11-19-20(29)27-21(31-19)26-16-8-6-7-15(12-16)22(23,24)25/h6-13H,4-5H2,1-3H3,(H,26,27,29). The minimum Gasteiger partial charge on any atom is -0.496 e. The van der Waals surface area contributed by atoms with Gasteiger partial charge >= 0.3 is 6.18 Å². The molecule has 1 aliphatic rings. The molecule has 0 spiro atoms. The van der Waals surface area contributed by atoms with Gasteiger partial charge in [-0.25, -0.2) is 4.99 Å². The smallest absolute Gasteiger partial charge is 0.416 e. The molecule has 2 aromatic rings. The fourth-order valence-corrected chi connectivity index (χ4v) is 3.93. The number of anilines is 1. The number of alkyl halides is 3. The molecule has 9 heteroatoms. The number of methoxy groups -OCH3 is 1. The van der Waals surface area contributed by atoms with Crippen LogP contribution in [0, 0.1) is 0 Å². The van der Waals surface area contributed by atoms with E-state index in [0.29, 0.717) is 10.7 Å². The Hall–Kier alpha value is -2.94. The van der Waals surface area contributed by atoms with Crippen LogP contribution < -0.4 is 15.0 Å². The predicted octanol–water partition coefficient (Wildman–Crippen LogP) is 5.45. The lowest BCUT2D eigenvalue weighted by Gasteiger charge is -2.22. The second kappa shape index (κ2) is 9.47. The summed E-state index contributed by atoms with van der Waals surface area (Å²) in [4.78, 5) is 19.1. The first-order valence-corrected chi connectivity index (χ1v) is 10.5. The molecule has 0 atom stereocenters. The second-order valence-electron chi connectivity index (χ2n) is 6.63. The number of amidine groups is 1. The van der Waals surface area contributed by atoms with Crippen LogP contribution in [0.1, 0.15) is 25.0 Å². The van der Waals surface area contributed by atoms with Gasteiger partial charge in [-0.1, -0.05) is 6.07 Å². The van der Waals surface area contributed by atoms with Gasteiger partial charge in [0.15, 0.2) is 5.17 Å². The van der Waals surface area contributed by atoms with E-state index in [0.717, 1.165) is 48.2 Å². The normalized spacial score (nSPS) is 16.6. The van der Waals surface area contributed by atoms with Gasteiger partial charge in [-0.15, -0.1) is 0 Å². The third-order valence-electron chi connectivity index (χ3n) is 4.69. The number of hydrogen-bond donors (Lipinski definition) is 1. The van der Waals surface area contributed by atoms with Gasteiger partial charge in [0.2, 0.25) is 0 Å². The van der Waals surface area contributed by atoms with Crippen LogP contribution in [0.15, 0.2) is 52.4 Å². The van der Waals surface area contributed by atoms with E-state index in [9.17, 15) is 18.0 Å². The Bertz CT molecular complexity index is 1030. The first kappa shape index (κ1) is 22.7. The van der Waals surface area contributed by atoms with Crippen LogP contribution in [-0.2, 0) is 11.0 Å². The molecule has 164 valence electrons. The largest absolute Gasteiger partial charge is 0.496 e. The molecule has 0 radical (unpaired) electrons. The second-order valence-corrected chi connectivity index (χ2v) is 7.66. The van der Waals surface area contributed by atoms with Crippen LogP contribution in [0.25, 0.3) is 6.08 Å². The van der Waals surface area contributed by atoms with E-state index in [1.807, 2.05) is 18.2 Å². The molecule has 5 nitrogen and oxygen atoms in total. The third kappa shape index (κ3) is 5.41. The Balaban J connectivity index is 1.86. The molecule has 1 amide bonds. The van der Waals surface area contributed by atoms with Gasteiger partial charge in [0.25, 0.3) is 5.91 Å². The monoisotopic (exact) mass is 449 g/mol. The number of nitrogens with one attached hydrogen (secondary N) is 1. The van der Waals surface area contributed by atoms with Gasteiger partial charge in [-0.3, -0.25) is 4.79 Å². The highest BCUT2D eigenvalue weighted by molar-refractivity contribution is 8.18.